The second-order valence-electron chi connectivity index (χ2n) is 5.16. The first-order valence-electron chi connectivity index (χ1n) is 6.95. The zero-order valence-electron chi connectivity index (χ0n) is 12.0. The first kappa shape index (κ1) is 15.3. The quantitative estimate of drug-likeness (QED) is 0.852. The highest BCUT2D eigenvalue weighted by Gasteiger charge is 2.27. The first-order chi connectivity index (χ1) is 10.1. The summed E-state index contributed by atoms with van der Waals surface area (Å²) in [5, 5.41) is 11.8. The maximum atomic E-state index is 12.1. The molecule has 0 aromatic heterocycles. The van der Waals surface area contributed by atoms with Crippen LogP contribution >= 0.6 is 0 Å². The molecule has 1 unspecified atom stereocenters. The van der Waals surface area contributed by atoms with Crippen LogP contribution in [0.4, 0.5) is 4.79 Å². The molecule has 2 rings (SSSR count). The lowest BCUT2D eigenvalue weighted by Crippen LogP contribution is -2.50. The summed E-state index contributed by atoms with van der Waals surface area (Å²) >= 11 is 0. The summed E-state index contributed by atoms with van der Waals surface area (Å²) in [4.78, 5) is 25.0. The number of carboxylic acids is 1. The zero-order valence-corrected chi connectivity index (χ0v) is 12.0. The van der Waals surface area contributed by atoms with Crippen molar-refractivity contribution in [1.29, 1.82) is 0 Å². The van der Waals surface area contributed by atoms with Crippen molar-refractivity contribution >= 4 is 12.0 Å². The molecule has 2 amide bonds. The number of hydrogen-bond acceptors (Lipinski definition) is 3. The number of carbonyl (C=O) groups is 2. The van der Waals surface area contributed by atoms with Crippen molar-refractivity contribution in [2.75, 3.05) is 20.3 Å². The molecule has 1 aliphatic rings. The summed E-state index contributed by atoms with van der Waals surface area (Å²) in [6, 6.07) is 7.93. The van der Waals surface area contributed by atoms with Gasteiger partial charge >= 0.3 is 12.0 Å². The van der Waals surface area contributed by atoms with Crippen molar-refractivity contribution in [3.05, 3.63) is 35.9 Å². The number of rotatable bonds is 5. The summed E-state index contributed by atoms with van der Waals surface area (Å²) < 4.78 is 5.24. The largest absolute Gasteiger partial charge is 0.480 e. The second-order valence-corrected chi connectivity index (χ2v) is 5.16. The van der Waals surface area contributed by atoms with Gasteiger partial charge in [-0.3, -0.25) is 0 Å². The van der Waals surface area contributed by atoms with Crippen LogP contribution in [0.5, 0.6) is 0 Å². The molecule has 114 valence electrons. The monoisotopic (exact) mass is 292 g/mol. The number of nitrogens with zero attached hydrogens (tertiary/aromatic N) is 1. The van der Waals surface area contributed by atoms with Gasteiger partial charge in [0.25, 0.3) is 0 Å². The number of benzene rings is 1. The molecular formula is C15H20N2O4. The Hall–Kier alpha value is -2.08. The number of amides is 2. The molecule has 2 atom stereocenters. The van der Waals surface area contributed by atoms with Crippen LogP contribution in [0.3, 0.4) is 0 Å². The summed E-state index contributed by atoms with van der Waals surface area (Å²) in [5.74, 6) is -1.04. The van der Waals surface area contributed by atoms with Gasteiger partial charge in [-0.05, 0) is 12.0 Å². The fourth-order valence-electron chi connectivity index (χ4n) is 2.29. The van der Waals surface area contributed by atoms with Gasteiger partial charge in [0.05, 0.1) is 12.6 Å². The lowest BCUT2D eigenvalue weighted by atomic mass is 10.1. The van der Waals surface area contributed by atoms with Gasteiger partial charge in [-0.25, -0.2) is 9.59 Å². The average Bonchev–Trinajstić information content (AvgIpc) is 3.00. The maximum Gasteiger partial charge on any atom is 0.326 e. The van der Waals surface area contributed by atoms with Crippen LogP contribution in [0, 0.1) is 0 Å². The van der Waals surface area contributed by atoms with E-state index in [2.05, 4.69) is 5.32 Å². The molecule has 0 radical (unpaired) electrons. The maximum absolute atomic E-state index is 12.1. The third kappa shape index (κ3) is 4.19. The minimum Gasteiger partial charge on any atom is -0.480 e. The van der Waals surface area contributed by atoms with Crippen LogP contribution in [-0.4, -0.2) is 54.4 Å². The van der Waals surface area contributed by atoms with E-state index in [4.69, 9.17) is 4.74 Å². The number of urea groups is 1. The molecule has 1 aromatic rings. The molecule has 21 heavy (non-hydrogen) atoms. The van der Waals surface area contributed by atoms with Crippen molar-refractivity contribution in [3.8, 4) is 0 Å². The van der Waals surface area contributed by atoms with E-state index >= 15 is 0 Å². The molecule has 2 N–H and O–H groups in total. The van der Waals surface area contributed by atoms with Crippen molar-refractivity contribution in [2.45, 2.75) is 24.9 Å². The van der Waals surface area contributed by atoms with Crippen molar-refractivity contribution < 1.29 is 19.4 Å². The smallest absolute Gasteiger partial charge is 0.326 e. The lowest BCUT2D eigenvalue weighted by molar-refractivity contribution is -0.139. The van der Waals surface area contributed by atoms with Gasteiger partial charge in [0.1, 0.15) is 6.04 Å². The van der Waals surface area contributed by atoms with E-state index in [0.717, 1.165) is 12.0 Å². The Kier molecular flexibility index (Phi) is 5.16. The van der Waals surface area contributed by atoms with Crippen molar-refractivity contribution in [2.24, 2.45) is 0 Å². The average molecular weight is 292 g/mol. The lowest BCUT2D eigenvalue weighted by Gasteiger charge is -2.25. The highest BCUT2D eigenvalue weighted by atomic mass is 16.5. The van der Waals surface area contributed by atoms with E-state index in [1.54, 1.807) is 7.05 Å². The van der Waals surface area contributed by atoms with Gasteiger partial charge in [0.2, 0.25) is 0 Å². The van der Waals surface area contributed by atoms with E-state index in [9.17, 15) is 14.7 Å². The Labute approximate surface area is 123 Å². The highest BCUT2D eigenvalue weighted by molar-refractivity contribution is 5.82. The minimum absolute atomic E-state index is 0.0103. The molecule has 1 aliphatic heterocycles. The summed E-state index contributed by atoms with van der Waals surface area (Å²) in [6.07, 6.45) is 1.04. The molecule has 0 aliphatic carbocycles. The summed E-state index contributed by atoms with van der Waals surface area (Å²) in [6.45, 7) is 1.13. The number of ether oxygens (including phenoxy) is 1. The Morgan fingerprint density at radius 1 is 1.43 bits per heavy atom. The van der Waals surface area contributed by atoms with E-state index < -0.39 is 12.0 Å². The summed E-state index contributed by atoms with van der Waals surface area (Å²) in [5.41, 5.74) is 0.872. The molecule has 0 bridgehead atoms. The van der Waals surface area contributed by atoms with Gasteiger partial charge in [-0.15, -0.1) is 0 Å². The van der Waals surface area contributed by atoms with Crippen LogP contribution in [0.25, 0.3) is 0 Å². The molecule has 6 heteroatoms. The number of carbonyl (C=O) groups excluding carboxylic acids is 1. The molecule has 6 nitrogen and oxygen atoms in total. The molecule has 0 spiro atoms. The van der Waals surface area contributed by atoms with Crippen LogP contribution in [0.1, 0.15) is 12.0 Å². The number of hydrogen-bond donors (Lipinski definition) is 2. The number of likely N-dealkylation sites (N-methyl/N-ethyl adjacent to an activating group) is 1. The van der Waals surface area contributed by atoms with E-state index in [0.29, 0.717) is 13.2 Å². The predicted molar refractivity (Wildman–Crippen MR) is 77.1 cm³/mol. The first-order valence-corrected chi connectivity index (χ1v) is 6.95. The molecule has 1 fully saturated rings. The number of carboxylic acid groups (broad SMARTS) is 1. The third-order valence-electron chi connectivity index (χ3n) is 3.65. The second kappa shape index (κ2) is 7.08. The Morgan fingerprint density at radius 2 is 2.14 bits per heavy atom. The standard InChI is InChI=1S/C15H20N2O4/c1-17(12-7-8-21-10-12)15(20)16-13(14(18)19)9-11-5-3-2-4-6-11/h2-6,12-13H,7-10H2,1H3,(H,16,20)(H,18,19)/t12?,13-/m1/s1. The van der Waals surface area contributed by atoms with Crippen LogP contribution in [0.15, 0.2) is 30.3 Å². The zero-order chi connectivity index (χ0) is 15.2. The van der Waals surface area contributed by atoms with Crippen LogP contribution in [0.2, 0.25) is 0 Å². The topological polar surface area (TPSA) is 78.9 Å². The van der Waals surface area contributed by atoms with Gasteiger partial charge in [-0.1, -0.05) is 30.3 Å². The normalized spacial score (nSPS) is 19.0. The molecule has 1 saturated heterocycles. The van der Waals surface area contributed by atoms with Crippen LogP contribution < -0.4 is 5.32 Å². The Morgan fingerprint density at radius 3 is 2.71 bits per heavy atom. The van der Waals surface area contributed by atoms with Crippen molar-refractivity contribution in [1.82, 2.24) is 10.2 Å². The van der Waals surface area contributed by atoms with Crippen LogP contribution in [-0.2, 0) is 16.0 Å². The highest BCUT2D eigenvalue weighted by Crippen LogP contribution is 2.11. The van der Waals surface area contributed by atoms with Gasteiger partial charge in [-0.2, -0.15) is 0 Å². The molecule has 0 saturated carbocycles. The number of nitrogens with one attached hydrogen (secondary N) is 1. The SMILES string of the molecule is CN(C(=O)N[C@H](Cc1ccccc1)C(=O)O)C1CCOC1. The van der Waals surface area contributed by atoms with Crippen molar-refractivity contribution in [3.63, 3.8) is 0 Å². The fraction of sp³-hybridized carbons (Fsp3) is 0.467. The Bertz CT molecular complexity index is 486. The molecule has 1 heterocycles. The molecule has 1 aromatic carbocycles. The number of aliphatic carboxylic acids is 1. The summed E-state index contributed by atoms with van der Waals surface area (Å²) in [7, 11) is 1.66. The predicted octanol–water partition coefficient (Wildman–Crippen LogP) is 1.11. The molecular weight excluding hydrogens is 272 g/mol. The van der Waals surface area contributed by atoms with Gasteiger partial charge in [0.15, 0.2) is 0 Å². The van der Waals surface area contributed by atoms with E-state index in [1.807, 2.05) is 30.3 Å². The fourth-order valence-corrected chi connectivity index (χ4v) is 2.29. The van der Waals surface area contributed by atoms with E-state index in [-0.39, 0.29) is 18.5 Å². The minimum atomic E-state index is -1.04. The third-order valence-corrected chi connectivity index (χ3v) is 3.65. The Balaban J connectivity index is 1.95. The van der Waals surface area contributed by atoms with Gasteiger partial charge in [0, 0.05) is 20.1 Å². The van der Waals surface area contributed by atoms with E-state index in [1.165, 1.54) is 4.90 Å². The van der Waals surface area contributed by atoms with Gasteiger partial charge < -0.3 is 20.1 Å².